The molecular formula is C24H24N4O2. The van der Waals surface area contributed by atoms with Gasteiger partial charge in [0.1, 0.15) is 11.4 Å². The maximum absolute atomic E-state index is 13.1. The van der Waals surface area contributed by atoms with Crippen LogP contribution in [0.3, 0.4) is 0 Å². The van der Waals surface area contributed by atoms with E-state index in [1.165, 1.54) is 0 Å². The Balaban J connectivity index is 1.88. The van der Waals surface area contributed by atoms with E-state index in [1.807, 2.05) is 81.4 Å². The fourth-order valence-electron chi connectivity index (χ4n) is 3.20. The van der Waals surface area contributed by atoms with Crippen molar-refractivity contribution in [2.24, 2.45) is 0 Å². The van der Waals surface area contributed by atoms with Crippen LogP contribution in [0, 0.1) is 0 Å². The number of ether oxygens (including phenoxy) is 1. The van der Waals surface area contributed by atoms with Gasteiger partial charge in [0.05, 0.1) is 18.5 Å². The minimum Gasteiger partial charge on any atom is -0.497 e. The van der Waals surface area contributed by atoms with Crippen LogP contribution in [0.25, 0.3) is 28.2 Å². The Kier molecular flexibility index (Phi) is 4.99. The van der Waals surface area contributed by atoms with E-state index in [0.29, 0.717) is 17.0 Å². The molecule has 0 fully saturated rings. The lowest BCUT2D eigenvalue weighted by atomic mass is 10.1. The highest BCUT2D eigenvalue weighted by Gasteiger charge is 2.21. The number of amides is 1. The molecule has 0 saturated heterocycles. The van der Waals surface area contributed by atoms with Gasteiger partial charge in [0.25, 0.3) is 5.91 Å². The van der Waals surface area contributed by atoms with Gasteiger partial charge in [0, 0.05) is 22.7 Å². The van der Waals surface area contributed by atoms with Gasteiger partial charge in [-0.1, -0.05) is 30.3 Å². The van der Waals surface area contributed by atoms with Crippen LogP contribution < -0.4 is 10.1 Å². The van der Waals surface area contributed by atoms with Gasteiger partial charge in [0.2, 0.25) is 0 Å². The molecule has 4 aromatic rings. The molecule has 0 radical (unpaired) electrons. The van der Waals surface area contributed by atoms with E-state index in [1.54, 1.807) is 17.7 Å². The zero-order valence-electron chi connectivity index (χ0n) is 17.5. The number of benzene rings is 2. The van der Waals surface area contributed by atoms with Crippen LogP contribution in [0.5, 0.6) is 5.75 Å². The molecule has 0 saturated carbocycles. The van der Waals surface area contributed by atoms with E-state index in [2.05, 4.69) is 10.4 Å². The molecule has 4 rings (SSSR count). The lowest BCUT2D eigenvalue weighted by Crippen LogP contribution is -2.41. The molecule has 30 heavy (non-hydrogen) atoms. The first-order valence-corrected chi connectivity index (χ1v) is 9.77. The largest absolute Gasteiger partial charge is 0.497 e. The molecule has 0 unspecified atom stereocenters. The van der Waals surface area contributed by atoms with Crippen molar-refractivity contribution in [1.82, 2.24) is 19.9 Å². The molecule has 0 aliphatic heterocycles. The van der Waals surface area contributed by atoms with Crippen molar-refractivity contribution in [2.45, 2.75) is 26.3 Å². The summed E-state index contributed by atoms with van der Waals surface area (Å²) < 4.78 is 6.85. The minimum atomic E-state index is -0.373. The molecule has 0 aliphatic carbocycles. The Bertz CT molecular complexity index is 1190. The number of fused-ring (bicyclic) bond motifs is 1. The number of hydrogen-bond donors (Lipinski definition) is 1. The Morgan fingerprint density at radius 3 is 2.23 bits per heavy atom. The fourth-order valence-corrected chi connectivity index (χ4v) is 3.20. The summed E-state index contributed by atoms with van der Waals surface area (Å²) in [7, 11) is 1.63. The van der Waals surface area contributed by atoms with E-state index in [0.717, 1.165) is 22.6 Å². The van der Waals surface area contributed by atoms with E-state index in [-0.39, 0.29) is 11.4 Å². The third-order valence-corrected chi connectivity index (χ3v) is 4.60. The van der Waals surface area contributed by atoms with Crippen LogP contribution in [0.15, 0.2) is 66.7 Å². The van der Waals surface area contributed by atoms with Gasteiger partial charge in [-0.15, -0.1) is 0 Å². The second kappa shape index (κ2) is 7.63. The standard InChI is InChI=1S/C24H24N4O2/c1-24(2,3)26-23(29)21-14-19(17-10-12-18(30-4)13-11-17)25-22-15-20(27-28(21)22)16-8-6-5-7-9-16/h5-15H,1-4H3,(H,26,29). The summed E-state index contributed by atoms with van der Waals surface area (Å²) in [5.41, 5.74) is 4.00. The van der Waals surface area contributed by atoms with Crippen LogP contribution in [-0.4, -0.2) is 33.2 Å². The first kappa shape index (κ1) is 19.6. The summed E-state index contributed by atoms with van der Waals surface area (Å²) in [6.45, 7) is 5.85. The molecule has 1 N–H and O–H groups in total. The number of aromatic nitrogens is 3. The molecule has 2 aromatic heterocycles. The first-order valence-electron chi connectivity index (χ1n) is 9.77. The van der Waals surface area contributed by atoms with E-state index in [4.69, 9.17) is 9.72 Å². The zero-order chi connectivity index (χ0) is 21.3. The van der Waals surface area contributed by atoms with Crippen LogP contribution >= 0.6 is 0 Å². The second-order valence-electron chi connectivity index (χ2n) is 8.12. The van der Waals surface area contributed by atoms with Gasteiger partial charge in [0.15, 0.2) is 5.65 Å². The van der Waals surface area contributed by atoms with Crippen molar-refractivity contribution >= 4 is 11.6 Å². The number of rotatable bonds is 4. The number of nitrogens with one attached hydrogen (secondary N) is 1. The highest BCUT2D eigenvalue weighted by molar-refractivity contribution is 5.95. The molecule has 0 aliphatic rings. The fraction of sp³-hybridized carbons (Fsp3) is 0.208. The average molecular weight is 400 g/mol. The van der Waals surface area contributed by atoms with Crippen molar-refractivity contribution < 1.29 is 9.53 Å². The lowest BCUT2D eigenvalue weighted by molar-refractivity contribution is 0.0912. The maximum atomic E-state index is 13.1. The number of carbonyl (C=O) groups is 1. The second-order valence-corrected chi connectivity index (χ2v) is 8.12. The van der Waals surface area contributed by atoms with E-state index >= 15 is 0 Å². The Morgan fingerprint density at radius 2 is 1.60 bits per heavy atom. The predicted octanol–water partition coefficient (Wildman–Crippen LogP) is 4.60. The van der Waals surface area contributed by atoms with Crippen molar-refractivity contribution in [2.75, 3.05) is 7.11 Å². The van der Waals surface area contributed by atoms with Gasteiger partial charge < -0.3 is 10.1 Å². The number of hydrogen-bond acceptors (Lipinski definition) is 4. The molecular weight excluding hydrogens is 376 g/mol. The SMILES string of the molecule is COc1ccc(-c2cc(C(=O)NC(C)(C)C)n3nc(-c4ccccc4)cc3n2)cc1. The van der Waals surface area contributed by atoms with Crippen LogP contribution in [-0.2, 0) is 0 Å². The summed E-state index contributed by atoms with van der Waals surface area (Å²) in [6, 6.07) is 21.1. The molecule has 6 nitrogen and oxygen atoms in total. The van der Waals surface area contributed by atoms with Crippen LogP contribution in [0.1, 0.15) is 31.3 Å². The average Bonchev–Trinajstić information content (AvgIpc) is 3.16. The Labute approximate surface area is 175 Å². The number of nitrogens with zero attached hydrogens (tertiary/aromatic N) is 3. The van der Waals surface area contributed by atoms with E-state index in [9.17, 15) is 4.79 Å². The van der Waals surface area contributed by atoms with Crippen molar-refractivity contribution in [3.05, 3.63) is 72.4 Å². The van der Waals surface area contributed by atoms with Gasteiger partial charge in [-0.25, -0.2) is 9.50 Å². The Hall–Kier alpha value is -3.67. The van der Waals surface area contributed by atoms with Crippen LogP contribution in [0.4, 0.5) is 0 Å². The molecule has 0 bridgehead atoms. The minimum absolute atomic E-state index is 0.202. The highest BCUT2D eigenvalue weighted by atomic mass is 16.5. The molecule has 1 amide bonds. The Morgan fingerprint density at radius 1 is 0.933 bits per heavy atom. The lowest BCUT2D eigenvalue weighted by Gasteiger charge is -2.20. The molecule has 2 aromatic carbocycles. The molecule has 6 heteroatoms. The monoisotopic (exact) mass is 400 g/mol. The van der Waals surface area contributed by atoms with Crippen molar-refractivity contribution in [3.8, 4) is 28.3 Å². The van der Waals surface area contributed by atoms with E-state index < -0.39 is 0 Å². The molecule has 0 atom stereocenters. The van der Waals surface area contributed by atoms with Gasteiger partial charge >= 0.3 is 0 Å². The summed E-state index contributed by atoms with van der Waals surface area (Å²) in [4.78, 5) is 17.9. The van der Waals surface area contributed by atoms with Crippen molar-refractivity contribution in [3.63, 3.8) is 0 Å². The topological polar surface area (TPSA) is 68.5 Å². The van der Waals surface area contributed by atoms with Gasteiger partial charge in [-0.05, 0) is 51.1 Å². The summed E-state index contributed by atoms with van der Waals surface area (Å²) >= 11 is 0. The molecule has 0 spiro atoms. The van der Waals surface area contributed by atoms with Gasteiger partial charge in [-0.3, -0.25) is 4.79 Å². The summed E-state index contributed by atoms with van der Waals surface area (Å²) in [5.74, 6) is 0.564. The first-order chi connectivity index (χ1) is 14.3. The third kappa shape index (κ3) is 4.03. The maximum Gasteiger partial charge on any atom is 0.270 e. The van der Waals surface area contributed by atoms with Crippen LogP contribution in [0.2, 0.25) is 0 Å². The normalized spacial score (nSPS) is 11.5. The molecule has 2 heterocycles. The number of carbonyl (C=O) groups excluding carboxylic acids is 1. The third-order valence-electron chi connectivity index (χ3n) is 4.60. The van der Waals surface area contributed by atoms with Crippen molar-refractivity contribution in [1.29, 1.82) is 0 Å². The van der Waals surface area contributed by atoms with Gasteiger partial charge in [-0.2, -0.15) is 5.10 Å². The number of methoxy groups -OCH3 is 1. The smallest absolute Gasteiger partial charge is 0.270 e. The molecule has 152 valence electrons. The zero-order valence-corrected chi connectivity index (χ0v) is 17.5. The summed E-state index contributed by atoms with van der Waals surface area (Å²) in [5, 5.41) is 7.70. The quantitative estimate of drug-likeness (QED) is 0.544. The highest BCUT2D eigenvalue weighted by Crippen LogP contribution is 2.25. The predicted molar refractivity (Wildman–Crippen MR) is 118 cm³/mol. The summed E-state index contributed by atoms with van der Waals surface area (Å²) in [6.07, 6.45) is 0.